The van der Waals surface area contributed by atoms with Crippen LogP contribution in [0.3, 0.4) is 0 Å². The number of carbonyl (C=O) groups excluding carboxylic acids is 1. The Balaban J connectivity index is 1.29. The molecule has 1 aromatic heterocycles. The summed E-state index contributed by atoms with van der Waals surface area (Å²) in [6.07, 6.45) is 1.62. The number of amides is 1. The minimum absolute atomic E-state index is 0.0284. The molecule has 0 atom stereocenters. The number of halogens is 1. The van der Waals surface area contributed by atoms with Gasteiger partial charge in [0.25, 0.3) is 0 Å². The molecule has 0 aliphatic carbocycles. The van der Waals surface area contributed by atoms with Gasteiger partial charge in [0.2, 0.25) is 17.6 Å². The van der Waals surface area contributed by atoms with Gasteiger partial charge in [0.05, 0.1) is 18.3 Å². The van der Waals surface area contributed by atoms with Crippen molar-refractivity contribution in [1.82, 2.24) is 15.0 Å². The molecule has 7 nitrogen and oxygen atoms in total. The summed E-state index contributed by atoms with van der Waals surface area (Å²) in [5.41, 5.74) is 1.64. The number of para-hydroxylation sites is 2. The summed E-state index contributed by atoms with van der Waals surface area (Å²) in [4.78, 5) is 19.6. The van der Waals surface area contributed by atoms with Crippen molar-refractivity contribution in [2.75, 3.05) is 18.4 Å². The Morgan fingerprint density at radius 2 is 1.91 bits per heavy atom. The standard InChI is InChI=1S/C24H27BrN4O3/c1-16(2)31-21-6-4-3-5-20(21)26-24(30)18-11-13-29(14-12-18)15-22-27-23(28-32-22)17-7-9-19(25)10-8-17/h3-10,16,18H,11-15H2,1-2H3,(H,26,30). The van der Waals surface area contributed by atoms with Crippen molar-refractivity contribution in [1.29, 1.82) is 0 Å². The van der Waals surface area contributed by atoms with Crippen LogP contribution in [0.15, 0.2) is 57.5 Å². The Bertz CT molecular complexity index is 1040. The van der Waals surface area contributed by atoms with Crippen molar-refractivity contribution in [3.05, 3.63) is 58.9 Å². The Labute approximate surface area is 196 Å². The molecule has 0 radical (unpaired) electrons. The summed E-state index contributed by atoms with van der Waals surface area (Å²) in [5.74, 6) is 1.89. The van der Waals surface area contributed by atoms with Gasteiger partial charge in [0.1, 0.15) is 5.75 Å². The number of rotatable bonds is 7. The molecule has 1 aliphatic heterocycles. The van der Waals surface area contributed by atoms with E-state index < -0.39 is 0 Å². The van der Waals surface area contributed by atoms with Crippen LogP contribution in [0.25, 0.3) is 11.4 Å². The van der Waals surface area contributed by atoms with E-state index in [1.807, 2.05) is 62.4 Å². The van der Waals surface area contributed by atoms with E-state index in [1.165, 1.54) is 0 Å². The van der Waals surface area contributed by atoms with Gasteiger partial charge in [-0.05, 0) is 76.2 Å². The normalized spacial score (nSPS) is 15.1. The number of carbonyl (C=O) groups is 1. The van der Waals surface area contributed by atoms with Crippen LogP contribution in [-0.4, -0.2) is 40.1 Å². The zero-order valence-corrected chi connectivity index (χ0v) is 19.8. The molecule has 2 aromatic carbocycles. The molecule has 3 aromatic rings. The van der Waals surface area contributed by atoms with Crippen molar-refractivity contribution in [2.24, 2.45) is 5.92 Å². The maximum absolute atomic E-state index is 12.8. The number of ether oxygens (including phenoxy) is 1. The largest absolute Gasteiger partial charge is 0.489 e. The lowest BCUT2D eigenvalue weighted by molar-refractivity contribution is -0.121. The Hall–Kier alpha value is -2.71. The van der Waals surface area contributed by atoms with Crippen LogP contribution in [0.1, 0.15) is 32.6 Å². The number of aromatic nitrogens is 2. The van der Waals surface area contributed by atoms with Gasteiger partial charge in [-0.3, -0.25) is 9.69 Å². The second-order valence-corrected chi connectivity index (χ2v) is 9.14. The highest BCUT2D eigenvalue weighted by Crippen LogP contribution is 2.27. The summed E-state index contributed by atoms with van der Waals surface area (Å²) >= 11 is 3.43. The van der Waals surface area contributed by atoms with Gasteiger partial charge in [-0.25, -0.2) is 0 Å². The highest BCUT2D eigenvalue weighted by molar-refractivity contribution is 9.10. The summed E-state index contributed by atoms with van der Waals surface area (Å²) in [5, 5.41) is 7.15. The van der Waals surface area contributed by atoms with Crippen molar-refractivity contribution in [2.45, 2.75) is 39.3 Å². The quantitative estimate of drug-likeness (QED) is 0.485. The summed E-state index contributed by atoms with van der Waals surface area (Å²) in [7, 11) is 0. The lowest BCUT2D eigenvalue weighted by Crippen LogP contribution is -2.37. The first-order chi connectivity index (χ1) is 15.5. The molecule has 2 heterocycles. The zero-order chi connectivity index (χ0) is 22.5. The van der Waals surface area contributed by atoms with E-state index in [4.69, 9.17) is 9.26 Å². The second-order valence-electron chi connectivity index (χ2n) is 8.22. The van der Waals surface area contributed by atoms with E-state index in [-0.39, 0.29) is 17.9 Å². The maximum Gasteiger partial charge on any atom is 0.241 e. The number of nitrogens with zero attached hydrogens (tertiary/aromatic N) is 3. The van der Waals surface area contributed by atoms with Gasteiger partial charge in [-0.1, -0.05) is 33.2 Å². The number of anilines is 1. The molecule has 168 valence electrons. The van der Waals surface area contributed by atoms with Crippen LogP contribution < -0.4 is 10.1 Å². The minimum atomic E-state index is -0.0284. The molecule has 4 rings (SSSR count). The predicted molar refractivity (Wildman–Crippen MR) is 126 cm³/mol. The number of hydrogen-bond donors (Lipinski definition) is 1. The van der Waals surface area contributed by atoms with Crippen LogP contribution in [0.2, 0.25) is 0 Å². The fourth-order valence-corrected chi connectivity index (χ4v) is 4.01. The molecule has 1 amide bonds. The highest BCUT2D eigenvalue weighted by atomic mass is 79.9. The van der Waals surface area contributed by atoms with Crippen LogP contribution >= 0.6 is 15.9 Å². The van der Waals surface area contributed by atoms with E-state index in [0.717, 1.165) is 41.7 Å². The van der Waals surface area contributed by atoms with Crippen molar-refractivity contribution < 1.29 is 14.1 Å². The number of likely N-dealkylation sites (tertiary alicyclic amines) is 1. The first kappa shape index (κ1) is 22.5. The van der Waals surface area contributed by atoms with E-state index in [9.17, 15) is 4.79 Å². The fourth-order valence-electron chi connectivity index (χ4n) is 3.74. The predicted octanol–water partition coefficient (Wildman–Crippen LogP) is 5.14. The van der Waals surface area contributed by atoms with Crippen LogP contribution in [0.5, 0.6) is 5.75 Å². The highest BCUT2D eigenvalue weighted by Gasteiger charge is 2.26. The van der Waals surface area contributed by atoms with E-state index >= 15 is 0 Å². The van der Waals surface area contributed by atoms with E-state index in [2.05, 4.69) is 36.3 Å². The Morgan fingerprint density at radius 3 is 2.62 bits per heavy atom. The number of benzene rings is 2. The van der Waals surface area contributed by atoms with Crippen LogP contribution in [0, 0.1) is 5.92 Å². The molecule has 1 saturated heterocycles. The maximum atomic E-state index is 12.8. The summed E-state index contributed by atoms with van der Waals surface area (Å²) in [6, 6.07) is 15.4. The van der Waals surface area contributed by atoms with Crippen molar-refractivity contribution in [3.63, 3.8) is 0 Å². The summed E-state index contributed by atoms with van der Waals surface area (Å²) < 4.78 is 12.3. The van der Waals surface area contributed by atoms with Gasteiger partial charge < -0.3 is 14.6 Å². The topological polar surface area (TPSA) is 80.5 Å². The van der Waals surface area contributed by atoms with Crippen molar-refractivity contribution >= 4 is 27.5 Å². The molecule has 0 unspecified atom stereocenters. The first-order valence-electron chi connectivity index (χ1n) is 10.9. The third kappa shape index (κ3) is 5.75. The van der Waals surface area contributed by atoms with E-state index in [0.29, 0.717) is 24.0 Å². The van der Waals surface area contributed by atoms with Gasteiger partial charge in [0.15, 0.2) is 0 Å². The third-order valence-corrected chi connectivity index (χ3v) is 5.92. The molecule has 1 aliphatic rings. The first-order valence-corrected chi connectivity index (χ1v) is 11.6. The molecule has 1 fully saturated rings. The van der Waals surface area contributed by atoms with Crippen molar-refractivity contribution in [3.8, 4) is 17.1 Å². The van der Waals surface area contributed by atoms with Gasteiger partial charge in [-0.2, -0.15) is 4.98 Å². The second kappa shape index (κ2) is 10.3. The third-order valence-electron chi connectivity index (χ3n) is 5.40. The molecule has 0 spiro atoms. The Morgan fingerprint density at radius 1 is 1.19 bits per heavy atom. The SMILES string of the molecule is CC(C)Oc1ccccc1NC(=O)C1CCN(Cc2nc(-c3ccc(Br)cc3)no2)CC1. The molecule has 0 saturated carbocycles. The average Bonchev–Trinajstić information content (AvgIpc) is 3.24. The lowest BCUT2D eigenvalue weighted by Gasteiger charge is -2.30. The smallest absolute Gasteiger partial charge is 0.241 e. The summed E-state index contributed by atoms with van der Waals surface area (Å²) in [6.45, 7) is 6.14. The minimum Gasteiger partial charge on any atom is -0.489 e. The molecule has 32 heavy (non-hydrogen) atoms. The monoisotopic (exact) mass is 498 g/mol. The lowest BCUT2D eigenvalue weighted by atomic mass is 9.96. The van der Waals surface area contributed by atoms with Crippen LogP contribution in [0.4, 0.5) is 5.69 Å². The Kier molecular flexibility index (Phi) is 7.22. The van der Waals surface area contributed by atoms with Crippen LogP contribution in [-0.2, 0) is 11.3 Å². The molecule has 1 N–H and O–H groups in total. The fraction of sp³-hybridized carbons (Fsp3) is 0.375. The number of hydrogen-bond acceptors (Lipinski definition) is 6. The zero-order valence-electron chi connectivity index (χ0n) is 18.3. The van der Waals surface area contributed by atoms with Gasteiger partial charge in [-0.15, -0.1) is 0 Å². The average molecular weight is 499 g/mol. The molecule has 8 heteroatoms. The van der Waals surface area contributed by atoms with Gasteiger partial charge >= 0.3 is 0 Å². The number of nitrogens with one attached hydrogen (secondary N) is 1. The number of piperidine rings is 1. The molecular weight excluding hydrogens is 472 g/mol. The molecular formula is C24H27BrN4O3. The van der Waals surface area contributed by atoms with Gasteiger partial charge in [0, 0.05) is 16.0 Å². The molecule has 0 bridgehead atoms. The van der Waals surface area contributed by atoms with E-state index in [1.54, 1.807) is 0 Å².